The first-order valence-electron chi connectivity index (χ1n) is 7.53. The van der Waals surface area contributed by atoms with Gasteiger partial charge in [-0.05, 0) is 25.1 Å². The van der Waals surface area contributed by atoms with E-state index in [1.54, 1.807) is 36.4 Å². The van der Waals surface area contributed by atoms with Crippen molar-refractivity contribution in [2.45, 2.75) is 19.4 Å². The number of hydrogen-bond acceptors (Lipinski definition) is 3. The minimum absolute atomic E-state index is 0.0325. The number of nitrogens with zero attached hydrogens (tertiary/aromatic N) is 1. The number of carbonyl (C=O) groups excluding carboxylic acids is 2. The van der Waals surface area contributed by atoms with E-state index in [1.807, 2.05) is 13.0 Å². The highest BCUT2D eigenvalue weighted by molar-refractivity contribution is 6.10. The van der Waals surface area contributed by atoms with Gasteiger partial charge in [-0.25, -0.2) is 9.38 Å². The second kappa shape index (κ2) is 6.62. The number of benzene rings is 2. The van der Waals surface area contributed by atoms with Crippen LogP contribution in [0.1, 0.15) is 33.9 Å². The summed E-state index contributed by atoms with van der Waals surface area (Å²) in [5.41, 5.74) is 1.73. The molecule has 0 spiro atoms. The molecule has 1 aliphatic heterocycles. The summed E-state index contributed by atoms with van der Waals surface area (Å²) in [4.78, 5) is 28.4. The minimum Gasteiger partial charge on any atom is -0.296 e. The molecule has 0 unspecified atom stereocenters. The van der Waals surface area contributed by atoms with Crippen molar-refractivity contribution in [3.05, 3.63) is 71.0 Å². The van der Waals surface area contributed by atoms with Crippen LogP contribution in [0, 0.1) is 12.7 Å². The van der Waals surface area contributed by atoms with Gasteiger partial charge in [0, 0.05) is 11.1 Å². The largest absolute Gasteiger partial charge is 0.296 e. The normalized spacial score (nSPS) is 17.0. The van der Waals surface area contributed by atoms with E-state index >= 15 is 0 Å². The molecule has 2 amide bonds. The van der Waals surface area contributed by atoms with Gasteiger partial charge in [0.05, 0.1) is 12.5 Å². The Morgan fingerprint density at radius 3 is 2.79 bits per heavy atom. The smallest absolute Gasteiger partial charge is 0.257 e. The van der Waals surface area contributed by atoms with Crippen LogP contribution in [0.5, 0.6) is 0 Å². The fourth-order valence-electron chi connectivity index (χ4n) is 2.55. The van der Waals surface area contributed by atoms with Gasteiger partial charge in [-0.1, -0.05) is 35.9 Å². The van der Waals surface area contributed by atoms with E-state index < -0.39 is 11.9 Å². The molecule has 2 aromatic carbocycles. The summed E-state index contributed by atoms with van der Waals surface area (Å²) in [6.07, 6.45) is 0.0325. The highest BCUT2D eigenvalue weighted by atomic mass is 19.1. The Kier molecular flexibility index (Phi) is 4.37. The lowest BCUT2D eigenvalue weighted by Crippen LogP contribution is -2.47. The second-order valence-corrected chi connectivity index (χ2v) is 5.59. The number of rotatable bonds is 2. The van der Waals surface area contributed by atoms with E-state index in [9.17, 15) is 14.0 Å². The lowest BCUT2D eigenvalue weighted by Gasteiger charge is -2.21. The van der Waals surface area contributed by atoms with Crippen LogP contribution in [0.3, 0.4) is 0 Å². The Morgan fingerprint density at radius 2 is 2.04 bits per heavy atom. The topological polar surface area (TPSA) is 70.6 Å². The summed E-state index contributed by atoms with van der Waals surface area (Å²) >= 11 is 0. The molecular weight excluding hydrogens is 309 g/mol. The van der Waals surface area contributed by atoms with E-state index in [1.165, 1.54) is 6.07 Å². The van der Waals surface area contributed by atoms with Crippen LogP contribution in [0.2, 0.25) is 0 Å². The molecule has 6 heteroatoms. The third-order valence-corrected chi connectivity index (χ3v) is 3.70. The Balaban J connectivity index is 1.83. The average molecular weight is 325 g/mol. The predicted octanol–water partition coefficient (Wildman–Crippen LogP) is 2.48. The third kappa shape index (κ3) is 3.48. The SMILES string of the molecule is Cc1cccc(C(=O)NC2=N[C@H](c3ccccc3F)CC(=O)N2)c1. The number of halogens is 1. The third-order valence-electron chi connectivity index (χ3n) is 3.70. The van der Waals surface area contributed by atoms with Crippen molar-refractivity contribution < 1.29 is 14.0 Å². The fourth-order valence-corrected chi connectivity index (χ4v) is 2.55. The Labute approximate surface area is 138 Å². The van der Waals surface area contributed by atoms with Crippen LogP contribution in [0.15, 0.2) is 53.5 Å². The molecule has 24 heavy (non-hydrogen) atoms. The van der Waals surface area contributed by atoms with Crippen molar-refractivity contribution >= 4 is 17.8 Å². The lowest BCUT2D eigenvalue weighted by molar-refractivity contribution is -0.120. The zero-order chi connectivity index (χ0) is 17.1. The number of hydrogen-bond donors (Lipinski definition) is 2. The number of aliphatic imine (C=N–C) groups is 1. The van der Waals surface area contributed by atoms with Crippen LogP contribution < -0.4 is 10.6 Å². The summed E-state index contributed by atoms with van der Waals surface area (Å²) in [5, 5.41) is 5.08. The molecule has 3 rings (SSSR count). The molecule has 5 nitrogen and oxygen atoms in total. The van der Waals surface area contributed by atoms with Crippen molar-refractivity contribution in [3.8, 4) is 0 Å². The van der Waals surface area contributed by atoms with Gasteiger partial charge >= 0.3 is 0 Å². The highest BCUT2D eigenvalue weighted by Crippen LogP contribution is 2.25. The summed E-state index contributed by atoms with van der Waals surface area (Å²) < 4.78 is 13.9. The zero-order valence-corrected chi connectivity index (χ0v) is 13.0. The number of aryl methyl sites for hydroxylation is 1. The van der Waals surface area contributed by atoms with E-state index in [4.69, 9.17) is 0 Å². The van der Waals surface area contributed by atoms with Crippen LogP contribution in [0.25, 0.3) is 0 Å². The molecule has 1 aliphatic rings. The van der Waals surface area contributed by atoms with Gasteiger partial charge in [-0.2, -0.15) is 0 Å². The maximum atomic E-state index is 13.9. The van der Waals surface area contributed by atoms with Crippen molar-refractivity contribution in [3.63, 3.8) is 0 Å². The van der Waals surface area contributed by atoms with E-state index in [0.717, 1.165) is 5.56 Å². The molecule has 1 heterocycles. The van der Waals surface area contributed by atoms with Gasteiger partial charge < -0.3 is 0 Å². The number of guanidine groups is 1. The first-order chi connectivity index (χ1) is 11.5. The van der Waals surface area contributed by atoms with Gasteiger partial charge in [0.25, 0.3) is 5.91 Å². The van der Waals surface area contributed by atoms with Crippen LogP contribution in [-0.4, -0.2) is 17.8 Å². The van der Waals surface area contributed by atoms with E-state index in [-0.39, 0.29) is 24.2 Å². The van der Waals surface area contributed by atoms with Crippen molar-refractivity contribution in [2.75, 3.05) is 0 Å². The number of nitrogens with one attached hydrogen (secondary N) is 2. The van der Waals surface area contributed by atoms with Crippen molar-refractivity contribution in [1.29, 1.82) is 0 Å². The monoisotopic (exact) mass is 325 g/mol. The van der Waals surface area contributed by atoms with Crippen molar-refractivity contribution in [2.24, 2.45) is 4.99 Å². The number of carbonyl (C=O) groups is 2. The molecule has 122 valence electrons. The molecule has 0 aromatic heterocycles. The van der Waals surface area contributed by atoms with Crippen LogP contribution in [0.4, 0.5) is 4.39 Å². The van der Waals surface area contributed by atoms with Gasteiger partial charge in [-0.3, -0.25) is 20.2 Å². The van der Waals surface area contributed by atoms with Crippen LogP contribution in [-0.2, 0) is 4.79 Å². The molecule has 2 aromatic rings. The van der Waals surface area contributed by atoms with Gasteiger partial charge in [0.2, 0.25) is 11.9 Å². The summed E-state index contributed by atoms with van der Waals surface area (Å²) in [6, 6.07) is 12.6. The Hall–Kier alpha value is -3.02. The first-order valence-corrected chi connectivity index (χ1v) is 7.53. The summed E-state index contributed by atoms with van der Waals surface area (Å²) in [5.74, 6) is -1.10. The Bertz CT molecular complexity index is 833. The first kappa shape index (κ1) is 15.9. The van der Waals surface area contributed by atoms with E-state index in [0.29, 0.717) is 11.1 Å². The average Bonchev–Trinajstić information content (AvgIpc) is 2.54. The maximum absolute atomic E-state index is 13.9. The molecule has 0 saturated heterocycles. The van der Waals surface area contributed by atoms with Crippen molar-refractivity contribution in [1.82, 2.24) is 10.6 Å². The summed E-state index contributed by atoms with van der Waals surface area (Å²) in [6.45, 7) is 1.88. The summed E-state index contributed by atoms with van der Waals surface area (Å²) in [7, 11) is 0. The molecule has 2 N–H and O–H groups in total. The molecule has 0 saturated carbocycles. The number of amides is 2. The molecule has 0 bridgehead atoms. The molecule has 1 atom stereocenters. The standard InChI is InChI=1S/C18H16FN3O2/c1-11-5-4-6-12(9-11)17(24)22-18-20-15(10-16(23)21-18)13-7-2-3-8-14(13)19/h2-9,15H,10H2,1H3,(H2,20,21,22,23,24)/t15-/m0/s1. The molecule has 0 aliphatic carbocycles. The molecule has 0 fully saturated rings. The highest BCUT2D eigenvalue weighted by Gasteiger charge is 2.25. The Morgan fingerprint density at radius 1 is 1.25 bits per heavy atom. The second-order valence-electron chi connectivity index (χ2n) is 5.59. The van der Waals surface area contributed by atoms with Gasteiger partial charge in [0.15, 0.2) is 0 Å². The van der Waals surface area contributed by atoms with Gasteiger partial charge in [0.1, 0.15) is 5.82 Å². The van der Waals surface area contributed by atoms with Crippen LogP contribution >= 0.6 is 0 Å². The minimum atomic E-state index is -0.659. The predicted molar refractivity (Wildman–Crippen MR) is 88.0 cm³/mol. The molecule has 0 radical (unpaired) electrons. The van der Waals surface area contributed by atoms with E-state index in [2.05, 4.69) is 15.6 Å². The van der Waals surface area contributed by atoms with Gasteiger partial charge in [-0.15, -0.1) is 0 Å². The lowest BCUT2D eigenvalue weighted by atomic mass is 10.0. The molecular formula is C18H16FN3O2. The fraction of sp³-hybridized carbons (Fsp3) is 0.167. The quantitative estimate of drug-likeness (QED) is 0.890. The maximum Gasteiger partial charge on any atom is 0.257 e. The zero-order valence-electron chi connectivity index (χ0n) is 13.0.